The van der Waals surface area contributed by atoms with E-state index in [1.165, 1.54) is 0 Å². The molecule has 1 heterocycles. The maximum Gasteiger partial charge on any atom is 0.235 e. The Bertz CT molecular complexity index is 339. The van der Waals surface area contributed by atoms with Crippen LogP contribution in [-0.2, 0) is 4.79 Å². The molecule has 0 fully saturated rings. The number of hydrogen-bond acceptors (Lipinski definition) is 5. The molecule has 1 aromatic heterocycles. The summed E-state index contributed by atoms with van der Waals surface area (Å²) in [6.07, 6.45) is 0. The SMILES string of the molecule is Cc1csc(C(C)NCC(N)C(N)=O)n1. The van der Waals surface area contributed by atoms with Crippen molar-refractivity contribution >= 4 is 17.2 Å². The van der Waals surface area contributed by atoms with E-state index in [0.717, 1.165) is 10.7 Å². The number of carbonyl (C=O) groups excluding carboxylic acids is 1. The molecule has 5 nitrogen and oxygen atoms in total. The van der Waals surface area contributed by atoms with Crippen molar-refractivity contribution < 1.29 is 4.79 Å². The number of nitrogens with zero attached hydrogens (tertiary/aromatic N) is 1. The molecule has 0 aliphatic rings. The first kappa shape index (κ1) is 12.1. The summed E-state index contributed by atoms with van der Waals surface area (Å²) < 4.78 is 0. The minimum absolute atomic E-state index is 0.0918. The van der Waals surface area contributed by atoms with Gasteiger partial charge in [0.25, 0.3) is 0 Å². The predicted molar refractivity (Wildman–Crippen MR) is 60.4 cm³/mol. The molecule has 2 unspecified atom stereocenters. The third-order valence-corrected chi connectivity index (χ3v) is 3.16. The van der Waals surface area contributed by atoms with E-state index in [2.05, 4.69) is 10.3 Å². The molecule has 0 aromatic carbocycles. The van der Waals surface area contributed by atoms with Crippen LogP contribution in [0.2, 0.25) is 0 Å². The van der Waals surface area contributed by atoms with Gasteiger partial charge < -0.3 is 16.8 Å². The number of aryl methyl sites for hydroxylation is 1. The van der Waals surface area contributed by atoms with Gasteiger partial charge in [-0.3, -0.25) is 4.79 Å². The highest BCUT2D eigenvalue weighted by molar-refractivity contribution is 7.09. The van der Waals surface area contributed by atoms with Crippen LogP contribution in [0.4, 0.5) is 0 Å². The number of carbonyl (C=O) groups is 1. The fourth-order valence-electron chi connectivity index (χ4n) is 1.06. The van der Waals surface area contributed by atoms with E-state index in [1.54, 1.807) is 11.3 Å². The summed E-state index contributed by atoms with van der Waals surface area (Å²) >= 11 is 1.59. The van der Waals surface area contributed by atoms with Gasteiger partial charge in [-0.2, -0.15) is 0 Å². The van der Waals surface area contributed by atoms with Crippen LogP contribution in [0.5, 0.6) is 0 Å². The summed E-state index contributed by atoms with van der Waals surface area (Å²) in [7, 11) is 0. The Morgan fingerprint density at radius 2 is 2.40 bits per heavy atom. The summed E-state index contributed by atoms with van der Waals surface area (Å²) in [6, 6.07) is -0.553. The molecule has 0 spiro atoms. The predicted octanol–water partition coefficient (Wildman–Crippen LogP) is -0.0853. The maximum atomic E-state index is 10.7. The van der Waals surface area contributed by atoms with Gasteiger partial charge in [0.05, 0.1) is 12.1 Å². The Kier molecular flexibility index (Phi) is 4.19. The van der Waals surface area contributed by atoms with Crippen LogP contribution in [0, 0.1) is 6.92 Å². The van der Waals surface area contributed by atoms with Crippen LogP contribution < -0.4 is 16.8 Å². The monoisotopic (exact) mass is 228 g/mol. The third-order valence-electron chi connectivity index (χ3n) is 2.02. The Morgan fingerprint density at radius 3 is 2.87 bits per heavy atom. The number of primary amides is 1. The first-order valence-electron chi connectivity index (χ1n) is 4.71. The van der Waals surface area contributed by atoms with Crippen LogP contribution in [0.3, 0.4) is 0 Å². The molecule has 15 heavy (non-hydrogen) atoms. The van der Waals surface area contributed by atoms with Crippen molar-refractivity contribution in [3.63, 3.8) is 0 Å². The fraction of sp³-hybridized carbons (Fsp3) is 0.556. The van der Waals surface area contributed by atoms with Gasteiger partial charge in [-0.1, -0.05) is 0 Å². The molecular weight excluding hydrogens is 212 g/mol. The number of rotatable bonds is 5. The smallest absolute Gasteiger partial charge is 0.235 e. The lowest BCUT2D eigenvalue weighted by Crippen LogP contribution is -2.44. The Hall–Kier alpha value is -0.980. The van der Waals surface area contributed by atoms with Gasteiger partial charge >= 0.3 is 0 Å². The quantitative estimate of drug-likeness (QED) is 0.656. The summed E-state index contributed by atoms with van der Waals surface area (Å²) in [6.45, 7) is 4.29. The highest BCUT2D eigenvalue weighted by Gasteiger charge is 2.13. The van der Waals surface area contributed by atoms with E-state index in [9.17, 15) is 4.79 Å². The average Bonchev–Trinajstić information content (AvgIpc) is 2.60. The van der Waals surface area contributed by atoms with E-state index in [-0.39, 0.29) is 6.04 Å². The van der Waals surface area contributed by atoms with Gasteiger partial charge in [0.2, 0.25) is 5.91 Å². The fourth-order valence-corrected chi connectivity index (χ4v) is 1.89. The highest BCUT2D eigenvalue weighted by atomic mass is 32.1. The summed E-state index contributed by atoms with van der Waals surface area (Å²) in [5.74, 6) is -0.495. The van der Waals surface area contributed by atoms with E-state index in [0.29, 0.717) is 6.54 Å². The van der Waals surface area contributed by atoms with Crippen LogP contribution in [0.25, 0.3) is 0 Å². The van der Waals surface area contributed by atoms with Crippen LogP contribution in [-0.4, -0.2) is 23.5 Å². The van der Waals surface area contributed by atoms with E-state index < -0.39 is 11.9 Å². The number of thiazole rings is 1. The minimum atomic E-state index is -0.645. The van der Waals surface area contributed by atoms with Crippen molar-refractivity contribution in [2.75, 3.05) is 6.54 Å². The van der Waals surface area contributed by atoms with Gasteiger partial charge in [0.15, 0.2) is 0 Å². The summed E-state index contributed by atoms with van der Waals surface area (Å²) in [5, 5.41) is 6.09. The lowest BCUT2D eigenvalue weighted by atomic mass is 10.2. The third kappa shape index (κ3) is 3.58. The van der Waals surface area contributed by atoms with Crippen molar-refractivity contribution in [2.24, 2.45) is 11.5 Å². The largest absolute Gasteiger partial charge is 0.368 e. The van der Waals surface area contributed by atoms with Gasteiger partial charge in [0.1, 0.15) is 5.01 Å². The lowest BCUT2D eigenvalue weighted by Gasteiger charge is -2.13. The molecule has 6 heteroatoms. The second-order valence-corrected chi connectivity index (χ2v) is 4.36. The Labute approximate surface area is 92.9 Å². The number of nitrogens with one attached hydrogen (secondary N) is 1. The normalized spacial score (nSPS) is 14.9. The maximum absolute atomic E-state index is 10.7. The zero-order chi connectivity index (χ0) is 11.4. The van der Waals surface area contributed by atoms with Gasteiger partial charge in [-0.15, -0.1) is 11.3 Å². The molecule has 2 atom stereocenters. The molecule has 84 valence electrons. The molecule has 0 aliphatic heterocycles. The summed E-state index contributed by atoms with van der Waals surface area (Å²) in [4.78, 5) is 15.0. The molecule has 5 N–H and O–H groups in total. The molecule has 0 saturated heterocycles. The molecule has 0 radical (unpaired) electrons. The first-order valence-corrected chi connectivity index (χ1v) is 5.59. The number of aromatic nitrogens is 1. The second kappa shape index (κ2) is 5.20. The van der Waals surface area contributed by atoms with E-state index in [4.69, 9.17) is 11.5 Å². The van der Waals surface area contributed by atoms with Crippen molar-refractivity contribution in [2.45, 2.75) is 25.9 Å². The van der Waals surface area contributed by atoms with Crippen molar-refractivity contribution in [1.29, 1.82) is 0 Å². The molecule has 0 bridgehead atoms. The molecule has 0 saturated carbocycles. The number of amides is 1. The molecular formula is C9H16N4OS. The number of nitrogens with two attached hydrogens (primary N) is 2. The summed E-state index contributed by atoms with van der Waals surface area (Å²) in [5.41, 5.74) is 11.5. The molecule has 0 aliphatic carbocycles. The van der Waals surface area contributed by atoms with Gasteiger partial charge in [-0.05, 0) is 13.8 Å². The second-order valence-electron chi connectivity index (χ2n) is 3.47. The highest BCUT2D eigenvalue weighted by Crippen LogP contribution is 2.16. The van der Waals surface area contributed by atoms with Crippen molar-refractivity contribution in [3.05, 3.63) is 16.1 Å². The minimum Gasteiger partial charge on any atom is -0.368 e. The van der Waals surface area contributed by atoms with E-state index in [1.807, 2.05) is 19.2 Å². The number of hydrogen-bond donors (Lipinski definition) is 3. The zero-order valence-corrected chi connectivity index (χ0v) is 9.67. The van der Waals surface area contributed by atoms with Crippen LogP contribution in [0.15, 0.2) is 5.38 Å². The topological polar surface area (TPSA) is 94.0 Å². The zero-order valence-electron chi connectivity index (χ0n) is 8.86. The van der Waals surface area contributed by atoms with Gasteiger partial charge in [-0.25, -0.2) is 4.98 Å². The standard InChI is InChI=1S/C9H16N4OS/c1-5-4-15-9(13-5)6(2)12-3-7(10)8(11)14/h4,6-7,12H,3,10H2,1-2H3,(H2,11,14). The Balaban J connectivity index is 2.43. The van der Waals surface area contributed by atoms with Crippen molar-refractivity contribution in [1.82, 2.24) is 10.3 Å². The Morgan fingerprint density at radius 1 is 1.73 bits per heavy atom. The van der Waals surface area contributed by atoms with Crippen LogP contribution in [0.1, 0.15) is 23.7 Å². The molecule has 1 aromatic rings. The molecule has 1 amide bonds. The molecule has 1 rings (SSSR count). The van der Waals surface area contributed by atoms with Crippen molar-refractivity contribution in [3.8, 4) is 0 Å². The van der Waals surface area contributed by atoms with Gasteiger partial charge in [0, 0.05) is 17.6 Å². The lowest BCUT2D eigenvalue weighted by molar-refractivity contribution is -0.119. The van der Waals surface area contributed by atoms with Crippen LogP contribution >= 0.6 is 11.3 Å². The van der Waals surface area contributed by atoms with E-state index >= 15 is 0 Å². The first-order chi connectivity index (χ1) is 7.00. The average molecular weight is 228 g/mol.